The fraction of sp³-hybridized carbons (Fsp3) is 0.333. The van der Waals surface area contributed by atoms with Crippen molar-refractivity contribution in [1.29, 1.82) is 0 Å². The van der Waals surface area contributed by atoms with E-state index in [9.17, 15) is 9.59 Å². The molecule has 1 rings (SSSR count). The Labute approximate surface area is 113 Å². The SMILES string of the molecule is COC(=O)C(C)NC(=O)C=Cc1ccc(C)cc1C. The van der Waals surface area contributed by atoms with Gasteiger partial charge >= 0.3 is 5.97 Å². The molecular formula is C15H19NO3. The molecule has 4 heteroatoms. The lowest BCUT2D eigenvalue weighted by molar-refractivity contribution is -0.144. The normalized spacial score (nSPS) is 12.2. The van der Waals surface area contributed by atoms with Crippen LogP contribution in [0.3, 0.4) is 0 Å². The first kappa shape index (κ1) is 15.0. The van der Waals surface area contributed by atoms with Crippen LogP contribution in [-0.2, 0) is 14.3 Å². The van der Waals surface area contributed by atoms with E-state index in [1.165, 1.54) is 18.7 Å². The summed E-state index contributed by atoms with van der Waals surface area (Å²) in [4.78, 5) is 22.8. The van der Waals surface area contributed by atoms with Crippen molar-refractivity contribution in [3.05, 3.63) is 41.0 Å². The Balaban J connectivity index is 2.66. The van der Waals surface area contributed by atoms with Gasteiger partial charge in [0.1, 0.15) is 6.04 Å². The predicted octanol–water partition coefficient (Wildman–Crippen LogP) is 1.99. The second kappa shape index (κ2) is 6.73. The summed E-state index contributed by atoms with van der Waals surface area (Å²) in [6, 6.07) is 5.34. The molecule has 0 heterocycles. The van der Waals surface area contributed by atoms with Crippen LogP contribution in [0.25, 0.3) is 6.08 Å². The number of nitrogens with one attached hydrogen (secondary N) is 1. The van der Waals surface area contributed by atoms with E-state index in [1.54, 1.807) is 13.0 Å². The minimum Gasteiger partial charge on any atom is -0.467 e. The van der Waals surface area contributed by atoms with E-state index < -0.39 is 12.0 Å². The van der Waals surface area contributed by atoms with Gasteiger partial charge in [0.2, 0.25) is 5.91 Å². The van der Waals surface area contributed by atoms with Crippen molar-refractivity contribution in [3.8, 4) is 0 Å². The van der Waals surface area contributed by atoms with Crippen LogP contribution in [0.4, 0.5) is 0 Å². The lowest BCUT2D eigenvalue weighted by atomic mass is 10.1. The lowest BCUT2D eigenvalue weighted by Gasteiger charge is -2.09. The first-order chi connectivity index (χ1) is 8.93. The summed E-state index contributed by atoms with van der Waals surface area (Å²) in [7, 11) is 1.29. The number of benzene rings is 1. The average molecular weight is 261 g/mol. The highest BCUT2D eigenvalue weighted by molar-refractivity contribution is 5.94. The number of hydrogen-bond donors (Lipinski definition) is 1. The third kappa shape index (κ3) is 4.58. The molecule has 0 aromatic heterocycles. The van der Waals surface area contributed by atoms with Gasteiger partial charge < -0.3 is 10.1 Å². The molecule has 0 saturated carbocycles. The molecule has 0 radical (unpaired) electrons. The Kier molecular flexibility index (Phi) is 5.30. The molecule has 1 aromatic rings. The number of amides is 1. The Morgan fingerprint density at radius 2 is 2.00 bits per heavy atom. The number of methoxy groups -OCH3 is 1. The second-order valence-electron chi connectivity index (χ2n) is 4.45. The molecule has 1 amide bonds. The molecule has 0 aliphatic heterocycles. The zero-order valence-electron chi connectivity index (χ0n) is 11.7. The number of hydrogen-bond acceptors (Lipinski definition) is 3. The molecule has 0 aliphatic carbocycles. The monoisotopic (exact) mass is 261 g/mol. The molecule has 1 N–H and O–H groups in total. The Morgan fingerprint density at radius 1 is 1.32 bits per heavy atom. The maximum absolute atomic E-state index is 11.6. The van der Waals surface area contributed by atoms with Crippen molar-refractivity contribution in [3.63, 3.8) is 0 Å². The van der Waals surface area contributed by atoms with Crippen LogP contribution in [0.15, 0.2) is 24.3 Å². The smallest absolute Gasteiger partial charge is 0.328 e. The van der Waals surface area contributed by atoms with Gasteiger partial charge in [-0.05, 0) is 38.0 Å². The van der Waals surface area contributed by atoms with Gasteiger partial charge in [-0.25, -0.2) is 4.79 Å². The van der Waals surface area contributed by atoms with Crippen molar-refractivity contribution in [2.45, 2.75) is 26.8 Å². The van der Waals surface area contributed by atoms with Gasteiger partial charge in [-0.1, -0.05) is 23.8 Å². The standard InChI is InChI=1S/C15H19NO3/c1-10-5-6-13(11(2)9-10)7-8-14(17)16-12(3)15(18)19-4/h5-9,12H,1-4H3,(H,16,17). The molecule has 19 heavy (non-hydrogen) atoms. The molecule has 0 saturated heterocycles. The van der Waals surface area contributed by atoms with Gasteiger partial charge in [0.05, 0.1) is 7.11 Å². The quantitative estimate of drug-likeness (QED) is 0.666. The topological polar surface area (TPSA) is 55.4 Å². The molecular weight excluding hydrogens is 242 g/mol. The third-order valence-electron chi connectivity index (χ3n) is 2.75. The zero-order chi connectivity index (χ0) is 14.4. The van der Waals surface area contributed by atoms with Gasteiger partial charge in [-0.2, -0.15) is 0 Å². The van der Waals surface area contributed by atoms with Crippen molar-refractivity contribution in [1.82, 2.24) is 5.32 Å². The third-order valence-corrected chi connectivity index (χ3v) is 2.75. The molecule has 1 aromatic carbocycles. The summed E-state index contributed by atoms with van der Waals surface area (Å²) in [6.07, 6.45) is 3.14. The molecule has 102 valence electrons. The molecule has 4 nitrogen and oxygen atoms in total. The summed E-state index contributed by atoms with van der Waals surface area (Å²) in [5.74, 6) is -0.786. The van der Waals surface area contributed by atoms with E-state index in [0.717, 1.165) is 11.1 Å². The maximum Gasteiger partial charge on any atom is 0.328 e. The maximum atomic E-state index is 11.6. The van der Waals surface area contributed by atoms with E-state index in [4.69, 9.17) is 0 Å². The summed E-state index contributed by atoms with van der Waals surface area (Å²) < 4.78 is 4.53. The number of esters is 1. The van der Waals surface area contributed by atoms with Gasteiger partial charge in [0.25, 0.3) is 0 Å². The largest absolute Gasteiger partial charge is 0.467 e. The molecule has 0 fully saturated rings. The van der Waals surface area contributed by atoms with E-state index in [1.807, 2.05) is 26.0 Å². The van der Waals surface area contributed by atoms with E-state index in [2.05, 4.69) is 16.1 Å². The van der Waals surface area contributed by atoms with Crippen molar-refractivity contribution in [2.24, 2.45) is 0 Å². The summed E-state index contributed by atoms with van der Waals surface area (Å²) >= 11 is 0. The zero-order valence-corrected chi connectivity index (χ0v) is 11.7. The van der Waals surface area contributed by atoms with E-state index in [0.29, 0.717) is 0 Å². The molecule has 0 aliphatic rings. The van der Waals surface area contributed by atoms with Crippen LogP contribution >= 0.6 is 0 Å². The van der Waals surface area contributed by atoms with E-state index in [-0.39, 0.29) is 5.91 Å². The number of rotatable bonds is 4. The number of carbonyl (C=O) groups is 2. The molecule has 0 bridgehead atoms. The minimum absolute atomic E-state index is 0.321. The van der Waals surface area contributed by atoms with Crippen molar-refractivity contribution in [2.75, 3.05) is 7.11 Å². The number of carbonyl (C=O) groups excluding carboxylic acids is 2. The van der Waals surface area contributed by atoms with E-state index >= 15 is 0 Å². The van der Waals surface area contributed by atoms with Gasteiger partial charge in [0, 0.05) is 6.08 Å². The molecule has 1 unspecified atom stereocenters. The Morgan fingerprint density at radius 3 is 2.58 bits per heavy atom. The highest BCUT2D eigenvalue weighted by Gasteiger charge is 2.13. The van der Waals surface area contributed by atoms with Crippen LogP contribution in [0.2, 0.25) is 0 Å². The van der Waals surface area contributed by atoms with Gasteiger partial charge in [0.15, 0.2) is 0 Å². The summed E-state index contributed by atoms with van der Waals surface area (Å²) in [6.45, 7) is 5.58. The van der Waals surface area contributed by atoms with Crippen LogP contribution < -0.4 is 5.32 Å². The van der Waals surface area contributed by atoms with Crippen LogP contribution in [0.5, 0.6) is 0 Å². The Hall–Kier alpha value is -2.10. The average Bonchev–Trinajstić information content (AvgIpc) is 2.36. The fourth-order valence-electron chi connectivity index (χ4n) is 1.68. The summed E-state index contributed by atoms with van der Waals surface area (Å²) in [5, 5.41) is 2.53. The van der Waals surface area contributed by atoms with Crippen LogP contribution in [0, 0.1) is 13.8 Å². The molecule has 0 spiro atoms. The molecule has 1 atom stereocenters. The second-order valence-corrected chi connectivity index (χ2v) is 4.45. The van der Waals surface area contributed by atoms with Crippen LogP contribution in [0.1, 0.15) is 23.6 Å². The van der Waals surface area contributed by atoms with Crippen molar-refractivity contribution < 1.29 is 14.3 Å². The first-order valence-corrected chi connectivity index (χ1v) is 6.07. The first-order valence-electron chi connectivity index (χ1n) is 6.07. The highest BCUT2D eigenvalue weighted by atomic mass is 16.5. The van der Waals surface area contributed by atoms with Gasteiger partial charge in [-0.3, -0.25) is 4.79 Å². The van der Waals surface area contributed by atoms with Gasteiger partial charge in [-0.15, -0.1) is 0 Å². The minimum atomic E-state index is -0.652. The summed E-state index contributed by atoms with van der Waals surface area (Å²) in [5.41, 5.74) is 3.26. The van der Waals surface area contributed by atoms with Crippen LogP contribution in [-0.4, -0.2) is 25.0 Å². The number of ether oxygens (including phenoxy) is 1. The Bertz CT molecular complexity index is 506. The lowest BCUT2D eigenvalue weighted by Crippen LogP contribution is -2.38. The highest BCUT2D eigenvalue weighted by Crippen LogP contribution is 2.11. The fourth-order valence-corrected chi connectivity index (χ4v) is 1.68. The number of aryl methyl sites for hydroxylation is 2. The predicted molar refractivity (Wildman–Crippen MR) is 74.6 cm³/mol. The van der Waals surface area contributed by atoms with Crippen molar-refractivity contribution >= 4 is 18.0 Å².